The topological polar surface area (TPSA) is 87.3 Å². The standard InChI is InChI=1S/C15H24N4O3/c1-14(2,3)11-8-10(17-18-11)12(20)19-6-7-22-15(4,9-19)13(21)16-5/h8H,6-7,9H2,1-5H3,(H,16,21)(H,17,18)/t15-/m1/s1. The van der Waals surface area contributed by atoms with Gasteiger partial charge in [0.1, 0.15) is 5.69 Å². The van der Waals surface area contributed by atoms with Gasteiger partial charge in [-0.3, -0.25) is 14.7 Å². The van der Waals surface area contributed by atoms with E-state index in [-0.39, 0.29) is 23.8 Å². The predicted octanol–water partition coefficient (Wildman–Crippen LogP) is 0.684. The van der Waals surface area contributed by atoms with Gasteiger partial charge in [-0.2, -0.15) is 5.10 Å². The fourth-order valence-corrected chi connectivity index (χ4v) is 2.42. The molecule has 1 saturated heterocycles. The van der Waals surface area contributed by atoms with Crippen molar-refractivity contribution in [1.29, 1.82) is 0 Å². The molecule has 0 spiro atoms. The number of carbonyl (C=O) groups is 2. The molecule has 0 bridgehead atoms. The SMILES string of the molecule is CNC(=O)[C@@]1(C)CN(C(=O)c2cc(C(C)(C)C)[nH]n2)CCO1. The van der Waals surface area contributed by atoms with Crippen LogP contribution in [0.5, 0.6) is 0 Å². The average molecular weight is 308 g/mol. The average Bonchev–Trinajstić information content (AvgIpc) is 2.95. The highest BCUT2D eigenvalue weighted by Crippen LogP contribution is 2.23. The molecule has 0 aliphatic carbocycles. The van der Waals surface area contributed by atoms with Crippen molar-refractivity contribution in [3.8, 4) is 0 Å². The maximum absolute atomic E-state index is 12.6. The molecule has 7 heteroatoms. The van der Waals surface area contributed by atoms with Gasteiger partial charge in [0.15, 0.2) is 5.60 Å². The lowest BCUT2D eigenvalue weighted by Gasteiger charge is -2.38. The molecule has 2 amide bonds. The van der Waals surface area contributed by atoms with Gasteiger partial charge in [-0.05, 0) is 13.0 Å². The molecule has 0 unspecified atom stereocenters. The summed E-state index contributed by atoms with van der Waals surface area (Å²) < 4.78 is 5.56. The lowest BCUT2D eigenvalue weighted by atomic mass is 9.92. The van der Waals surface area contributed by atoms with Crippen molar-refractivity contribution in [2.45, 2.75) is 38.7 Å². The first-order chi connectivity index (χ1) is 10.2. The number of amides is 2. The lowest BCUT2D eigenvalue weighted by molar-refractivity contribution is -0.153. The summed E-state index contributed by atoms with van der Waals surface area (Å²) in [6.07, 6.45) is 0. The third kappa shape index (κ3) is 3.14. The number of rotatable bonds is 2. The van der Waals surface area contributed by atoms with Crippen molar-refractivity contribution in [2.75, 3.05) is 26.7 Å². The molecule has 1 aliphatic rings. The van der Waals surface area contributed by atoms with Crippen molar-refractivity contribution in [3.63, 3.8) is 0 Å². The monoisotopic (exact) mass is 308 g/mol. The van der Waals surface area contributed by atoms with Crippen LogP contribution in [-0.2, 0) is 14.9 Å². The normalized spacial score (nSPS) is 22.5. The third-order valence-electron chi connectivity index (χ3n) is 3.87. The Morgan fingerprint density at radius 1 is 1.45 bits per heavy atom. The number of carbonyl (C=O) groups excluding carboxylic acids is 2. The second-order valence-electron chi connectivity index (χ2n) is 6.80. The molecule has 1 atom stereocenters. The fourth-order valence-electron chi connectivity index (χ4n) is 2.42. The van der Waals surface area contributed by atoms with E-state index in [4.69, 9.17) is 4.74 Å². The van der Waals surface area contributed by atoms with Gasteiger partial charge in [0.05, 0.1) is 13.2 Å². The highest BCUT2D eigenvalue weighted by Gasteiger charge is 2.40. The van der Waals surface area contributed by atoms with Gasteiger partial charge in [-0.15, -0.1) is 0 Å². The van der Waals surface area contributed by atoms with E-state index >= 15 is 0 Å². The van der Waals surface area contributed by atoms with Crippen LogP contribution in [0.25, 0.3) is 0 Å². The summed E-state index contributed by atoms with van der Waals surface area (Å²) >= 11 is 0. The van der Waals surface area contributed by atoms with E-state index in [1.807, 2.05) is 20.8 Å². The van der Waals surface area contributed by atoms with Crippen molar-refractivity contribution in [1.82, 2.24) is 20.4 Å². The van der Waals surface area contributed by atoms with Crippen LogP contribution in [0, 0.1) is 0 Å². The summed E-state index contributed by atoms with van der Waals surface area (Å²) in [5.74, 6) is -0.424. The summed E-state index contributed by atoms with van der Waals surface area (Å²) in [6.45, 7) is 8.82. The quantitative estimate of drug-likeness (QED) is 0.841. The molecule has 0 aromatic carbocycles. The van der Waals surface area contributed by atoms with E-state index in [0.29, 0.717) is 18.8 Å². The van der Waals surface area contributed by atoms with Crippen LogP contribution in [0.4, 0.5) is 0 Å². The van der Waals surface area contributed by atoms with Gasteiger partial charge in [0, 0.05) is 24.7 Å². The predicted molar refractivity (Wildman–Crippen MR) is 81.6 cm³/mol. The zero-order valence-corrected chi connectivity index (χ0v) is 13.8. The van der Waals surface area contributed by atoms with Gasteiger partial charge in [-0.25, -0.2) is 0 Å². The molecule has 1 fully saturated rings. The second kappa shape index (κ2) is 5.72. The van der Waals surface area contributed by atoms with Crippen molar-refractivity contribution in [2.24, 2.45) is 0 Å². The van der Waals surface area contributed by atoms with Crippen LogP contribution in [0.15, 0.2) is 6.07 Å². The first-order valence-corrected chi connectivity index (χ1v) is 7.39. The minimum Gasteiger partial charge on any atom is -0.362 e. The van der Waals surface area contributed by atoms with Gasteiger partial charge in [0.2, 0.25) is 0 Å². The van der Waals surface area contributed by atoms with E-state index in [9.17, 15) is 9.59 Å². The second-order valence-corrected chi connectivity index (χ2v) is 6.80. The van der Waals surface area contributed by atoms with Gasteiger partial charge in [0.25, 0.3) is 11.8 Å². The van der Waals surface area contributed by atoms with Crippen LogP contribution in [-0.4, -0.2) is 59.3 Å². The summed E-state index contributed by atoms with van der Waals surface area (Å²) in [7, 11) is 1.56. The Bertz CT molecular complexity index is 576. The number of hydrogen-bond acceptors (Lipinski definition) is 4. The molecule has 122 valence electrons. The van der Waals surface area contributed by atoms with E-state index < -0.39 is 5.60 Å². The fraction of sp³-hybridized carbons (Fsp3) is 0.667. The first-order valence-electron chi connectivity index (χ1n) is 7.39. The molecule has 7 nitrogen and oxygen atoms in total. The molecular weight excluding hydrogens is 284 g/mol. The summed E-state index contributed by atoms with van der Waals surface area (Å²) in [6, 6.07) is 1.77. The number of H-pyrrole nitrogens is 1. The number of likely N-dealkylation sites (N-methyl/N-ethyl adjacent to an activating group) is 1. The first kappa shape index (κ1) is 16.5. The van der Waals surface area contributed by atoms with Crippen LogP contribution in [0.1, 0.15) is 43.9 Å². The van der Waals surface area contributed by atoms with Crippen LogP contribution >= 0.6 is 0 Å². The van der Waals surface area contributed by atoms with E-state index in [1.54, 1.807) is 24.9 Å². The summed E-state index contributed by atoms with van der Waals surface area (Å²) in [5, 5.41) is 9.60. The number of hydrogen-bond donors (Lipinski definition) is 2. The Morgan fingerprint density at radius 3 is 2.68 bits per heavy atom. The summed E-state index contributed by atoms with van der Waals surface area (Å²) in [5.41, 5.74) is 0.142. The molecule has 1 aromatic heterocycles. The molecule has 2 N–H and O–H groups in total. The molecule has 1 aromatic rings. The van der Waals surface area contributed by atoms with Crippen molar-refractivity contribution < 1.29 is 14.3 Å². The number of morpholine rings is 1. The molecular formula is C15H24N4O3. The maximum atomic E-state index is 12.6. The number of aromatic nitrogens is 2. The molecule has 0 saturated carbocycles. The molecule has 0 radical (unpaired) electrons. The lowest BCUT2D eigenvalue weighted by Crippen LogP contribution is -2.58. The van der Waals surface area contributed by atoms with Gasteiger partial charge in [-0.1, -0.05) is 20.8 Å². The third-order valence-corrected chi connectivity index (χ3v) is 3.87. The Kier molecular flexibility index (Phi) is 4.28. The van der Waals surface area contributed by atoms with Crippen molar-refractivity contribution >= 4 is 11.8 Å². The Morgan fingerprint density at radius 2 is 2.14 bits per heavy atom. The number of nitrogens with one attached hydrogen (secondary N) is 2. The smallest absolute Gasteiger partial charge is 0.274 e. The van der Waals surface area contributed by atoms with E-state index in [0.717, 1.165) is 5.69 Å². The zero-order valence-electron chi connectivity index (χ0n) is 13.8. The number of aromatic amines is 1. The van der Waals surface area contributed by atoms with Crippen LogP contribution in [0.2, 0.25) is 0 Å². The van der Waals surface area contributed by atoms with Gasteiger partial charge >= 0.3 is 0 Å². The number of ether oxygens (including phenoxy) is 1. The molecule has 2 rings (SSSR count). The highest BCUT2D eigenvalue weighted by atomic mass is 16.5. The van der Waals surface area contributed by atoms with Crippen LogP contribution < -0.4 is 5.32 Å². The highest BCUT2D eigenvalue weighted by molar-refractivity contribution is 5.93. The Balaban J connectivity index is 2.16. The Labute approximate surface area is 130 Å². The molecule has 1 aliphatic heterocycles. The minimum absolute atomic E-state index is 0.104. The Hall–Kier alpha value is -1.89. The number of nitrogens with zero attached hydrogens (tertiary/aromatic N) is 2. The zero-order chi connectivity index (χ0) is 16.5. The maximum Gasteiger partial charge on any atom is 0.274 e. The molecule has 2 heterocycles. The van der Waals surface area contributed by atoms with Crippen LogP contribution in [0.3, 0.4) is 0 Å². The largest absolute Gasteiger partial charge is 0.362 e. The van der Waals surface area contributed by atoms with Gasteiger partial charge < -0.3 is 15.0 Å². The van der Waals surface area contributed by atoms with E-state index in [1.165, 1.54) is 0 Å². The summed E-state index contributed by atoms with van der Waals surface area (Å²) in [4.78, 5) is 26.1. The minimum atomic E-state index is -1.02. The van der Waals surface area contributed by atoms with E-state index in [2.05, 4.69) is 15.5 Å². The van der Waals surface area contributed by atoms with Crippen molar-refractivity contribution in [3.05, 3.63) is 17.5 Å². The molecule has 22 heavy (non-hydrogen) atoms.